The van der Waals surface area contributed by atoms with Crippen molar-refractivity contribution in [3.05, 3.63) is 29.6 Å². The quantitative estimate of drug-likeness (QED) is 0.671. The largest absolute Gasteiger partial charge is 0.326 e. The Bertz CT molecular complexity index is 636. The maximum Gasteiger partial charge on any atom is 0.127 e. The van der Waals surface area contributed by atoms with Crippen molar-refractivity contribution in [3.63, 3.8) is 0 Å². The maximum absolute atomic E-state index is 6.41. The van der Waals surface area contributed by atoms with Crippen LogP contribution in [0.15, 0.2) is 18.2 Å². The molecule has 1 unspecified atom stereocenters. The second-order valence-corrected chi connectivity index (χ2v) is 7.38. The summed E-state index contributed by atoms with van der Waals surface area (Å²) in [5.74, 6) is 1.02. The molecule has 1 aliphatic carbocycles. The van der Waals surface area contributed by atoms with Crippen molar-refractivity contribution in [3.8, 4) is 0 Å². The highest BCUT2D eigenvalue weighted by Crippen LogP contribution is 2.43. The lowest BCUT2D eigenvalue weighted by molar-refractivity contribution is 0.237. The standard InChI is InChI=1S/C18H25ClN2/c1-4-18(9-5-6-10-18)12-21-16-11-13(2)7-8-15(16)20-17(21)14(3)19/h7-8,11,14H,4-6,9-10,12H2,1-3H3. The van der Waals surface area contributed by atoms with Gasteiger partial charge in [-0.1, -0.05) is 25.8 Å². The van der Waals surface area contributed by atoms with Crippen LogP contribution in [0.3, 0.4) is 0 Å². The highest BCUT2D eigenvalue weighted by molar-refractivity contribution is 6.20. The van der Waals surface area contributed by atoms with Crippen molar-refractivity contribution >= 4 is 22.6 Å². The molecule has 114 valence electrons. The van der Waals surface area contributed by atoms with E-state index < -0.39 is 0 Å². The average molecular weight is 305 g/mol. The summed E-state index contributed by atoms with van der Waals surface area (Å²) >= 11 is 6.41. The smallest absolute Gasteiger partial charge is 0.127 e. The van der Waals surface area contributed by atoms with Crippen LogP contribution in [0.4, 0.5) is 0 Å². The highest BCUT2D eigenvalue weighted by Gasteiger charge is 2.33. The molecule has 2 nitrogen and oxygen atoms in total. The van der Waals surface area contributed by atoms with Gasteiger partial charge in [0.1, 0.15) is 5.82 Å². The highest BCUT2D eigenvalue weighted by atomic mass is 35.5. The molecule has 21 heavy (non-hydrogen) atoms. The van der Waals surface area contributed by atoms with E-state index in [1.54, 1.807) is 0 Å². The van der Waals surface area contributed by atoms with Gasteiger partial charge in [0.25, 0.3) is 0 Å². The number of alkyl halides is 1. The SMILES string of the molecule is CCC1(Cn2c(C(C)Cl)nc3ccc(C)cc32)CCCC1. The minimum Gasteiger partial charge on any atom is -0.326 e. The van der Waals surface area contributed by atoms with Gasteiger partial charge < -0.3 is 4.57 Å². The van der Waals surface area contributed by atoms with Crippen LogP contribution in [-0.4, -0.2) is 9.55 Å². The number of imidazole rings is 1. The Balaban J connectivity index is 2.10. The van der Waals surface area contributed by atoms with Crippen molar-refractivity contribution < 1.29 is 0 Å². The third kappa shape index (κ3) is 2.70. The lowest BCUT2D eigenvalue weighted by Gasteiger charge is -2.29. The van der Waals surface area contributed by atoms with Gasteiger partial charge in [-0.05, 0) is 56.2 Å². The molecule has 3 rings (SSSR count). The first-order chi connectivity index (χ1) is 10.0. The van der Waals surface area contributed by atoms with E-state index in [0.29, 0.717) is 5.41 Å². The fraction of sp³-hybridized carbons (Fsp3) is 0.611. The van der Waals surface area contributed by atoms with Gasteiger partial charge in [0, 0.05) is 6.54 Å². The lowest BCUT2D eigenvalue weighted by Crippen LogP contribution is -2.24. The third-order valence-corrected chi connectivity index (χ3v) is 5.39. The van der Waals surface area contributed by atoms with E-state index in [9.17, 15) is 0 Å². The molecule has 1 aromatic carbocycles. The van der Waals surface area contributed by atoms with Crippen LogP contribution in [0.1, 0.15) is 62.7 Å². The van der Waals surface area contributed by atoms with Gasteiger partial charge in [-0.2, -0.15) is 0 Å². The first-order valence-electron chi connectivity index (χ1n) is 8.15. The van der Waals surface area contributed by atoms with Crippen molar-refractivity contribution in [2.45, 2.75) is 64.8 Å². The van der Waals surface area contributed by atoms with Crippen LogP contribution in [0.5, 0.6) is 0 Å². The fourth-order valence-electron chi connectivity index (χ4n) is 3.81. The summed E-state index contributed by atoms with van der Waals surface area (Å²) in [5.41, 5.74) is 4.05. The predicted molar refractivity (Wildman–Crippen MR) is 89.9 cm³/mol. The van der Waals surface area contributed by atoms with E-state index >= 15 is 0 Å². The van der Waals surface area contributed by atoms with E-state index in [1.165, 1.54) is 43.2 Å². The molecule has 3 heteroatoms. The maximum atomic E-state index is 6.41. The Kier molecular flexibility index (Phi) is 4.00. The number of rotatable bonds is 4. The number of aryl methyl sites for hydroxylation is 1. The van der Waals surface area contributed by atoms with Crippen molar-refractivity contribution in [2.24, 2.45) is 5.41 Å². The second-order valence-electron chi connectivity index (χ2n) is 6.72. The summed E-state index contributed by atoms with van der Waals surface area (Å²) in [6.45, 7) is 7.57. The molecule has 0 aliphatic heterocycles. The summed E-state index contributed by atoms with van der Waals surface area (Å²) in [5, 5.41) is -0.0481. The summed E-state index contributed by atoms with van der Waals surface area (Å²) < 4.78 is 2.40. The van der Waals surface area contributed by atoms with Gasteiger partial charge in [-0.3, -0.25) is 0 Å². The van der Waals surface area contributed by atoms with E-state index in [2.05, 4.69) is 36.6 Å². The topological polar surface area (TPSA) is 17.8 Å². The fourth-order valence-corrected chi connectivity index (χ4v) is 3.97. The Morgan fingerprint density at radius 3 is 2.67 bits per heavy atom. The van der Waals surface area contributed by atoms with Crippen LogP contribution >= 0.6 is 11.6 Å². The molecule has 0 bridgehead atoms. The molecular weight excluding hydrogens is 280 g/mol. The number of nitrogens with zero attached hydrogens (tertiary/aromatic N) is 2. The van der Waals surface area contributed by atoms with Gasteiger partial charge in [0.15, 0.2) is 0 Å². The monoisotopic (exact) mass is 304 g/mol. The molecule has 1 fully saturated rings. The molecule has 1 aliphatic rings. The number of aromatic nitrogens is 2. The van der Waals surface area contributed by atoms with E-state index in [4.69, 9.17) is 16.6 Å². The predicted octanol–water partition coefficient (Wildman–Crippen LogP) is 5.61. The number of halogens is 1. The summed E-state index contributed by atoms with van der Waals surface area (Å²) in [4.78, 5) is 4.79. The minimum atomic E-state index is -0.0481. The zero-order chi connectivity index (χ0) is 15.0. The molecule has 2 aromatic rings. The van der Waals surface area contributed by atoms with Crippen LogP contribution < -0.4 is 0 Å². The Hall–Kier alpha value is -1.02. The van der Waals surface area contributed by atoms with E-state index in [0.717, 1.165) is 17.9 Å². The van der Waals surface area contributed by atoms with E-state index in [-0.39, 0.29) is 5.38 Å². The molecule has 0 saturated heterocycles. The zero-order valence-electron chi connectivity index (χ0n) is 13.3. The third-order valence-electron chi connectivity index (χ3n) is 5.20. The summed E-state index contributed by atoms with van der Waals surface area (Å²) in [6.07, 6.45) is 6.65. The van der Waals surface area contributed by atoms with Crippen molar-refractivity contribution in [1.82, 2.24) is 9.55 Å². The molecule has 0 amide bonds. The normalized spacial score (nSPS) is 19.2. The molecule has 1 aromatic heterocycles. The van der Waals surface area contributed by atoms with Crippen LogP contribution in [0.2, 0.25) is 0 Å². The van der Waals surface area contributed by atoms with Crippen LogP contribution in [-0.2, 0) is 6.54 Å². The van der Waals surface area contributed by atoms with Crippen molar-refractivity contribution in [1.29, 1.82) is 0 Å². The van der Waals surface area contributed by atoms with Gasteiger partial charge >= 0.3 is 0 Å². The molecular formula is C18H25ClN2. The summed E-state index contributed by atoms with van der Waals surface area (Å²) in [7, 11) is 0. The molecule has 1 saturated carbocycles. The first kappa shape index (κ1) is 14.9. The number of hydrogen-bond donors (Lipinski definition) is 0. The Morgan fingerprint density at radius 1 is 1.33 bits per heavy atom. The number of hydrogen-bond acceptors (Lipinski definition) is 1. The minimum absolute atomic E-state index is 0.0481. The summed E-state index contributed by atoms with van der Waals surface area (Å²) in [6, 6.07) is 6.51. The molecule has 0 radical (unpaired) electrons. The van der Waals surface area contributed by atoms with Gasteiger partial charge in [-0.15, -0.1) is 11.6 Å². The van der Waals surface area contributed by atoms with E-state index in [1.807, 2.05) is 6.92 Å². The van der Waals surface area contributed by atoms with Gasteiger partial charge in [0.2, 0.25) is 0 Å². The molecule has 1 atom stereocenters. The number of fused-ring (bicyclic) bond motifs is 1. The molecule has 1 heterocycles. The number of benzene rings is 1. The Labute approximate surface area is 132 Å². The first-order valence-corrected chi connectivity index (χ1v) is 8.59. The second kappa shape index (κ2) is 5.64. The van der Waals surface area contributed by atoms with Gasteiger partial charge in [-0.25, -0.2) is 4.98 Å². The van der Waals surface area contributed by atoms with Crippen LogP contribution in [0.25, 0.3) is 11.0 Å². The van der Waals surface area contributed by atoms with Gasteiger partial charge in [0.05, 0.1) is 16.4 Å². The Morgan fingerprint density at radius 2 is 2.05 bits per heavy atom. The average Bonchev–Trinajstić information content (AvgIpc) is 3.05. The molecule has 0 N–H and O–H groups in total. The van der Waals surface area contributed by atoms with Crippen LogP contribution in [0, 0.1) is 12.3 Å². The zero-order valence-corrected chi connectivity index (χ0v) is 14.1. The molecule has 0 spiro atoms. The lowest BCUT2D eigenvalue weighted by atomic mass is 9.83. The van der Waals surface area contributed by atoms with Crippen molar-refractivity contribution in [2.75, 3.05) is 0 Å².